The molecule has 1 unspecified atom stereocenters. The molecule has 0 radical (unpaired) electrons. The Balaban J connectivity index is 2.20. The summed E-state index contributed by atoms with van der Waals surface area (Å²) in [6.07, 6.45) is 2.16. The normalized spacial score (nSPS) is 12.4. The molecule has 0 N–H and O–H groups in total. The van der Waals surface area contributed by atoms with Gasteiger partial charge in [0.05, 0.1) is 5.38 Å². The Morgan fingerprint density at radius 1 is 1.24 bits per heavy atom. The number of benzene rings is 1. The summed E-state index contributed by atoms with van der Waals surface area (Å²) in [4.78, 5) is 4.16. The highest BCUT2D eigenvalue weighted by molar-refractivity contribution is 6.30. The second-order valence-corrected chi connectivity index (χ2v) is 4.62. The minimum Gasteiger partial charge on any atom is -0.261 e. The van der Waals surface area contributed by atoms with Gasteiger partial charge in [0.25, 0.3) is 0 Å². The molecule has 0 saturated heterocycles. The van der Waals surface area contributed by atoms with Crippen molar-refractivity contribution in [1.29, 1.82) is 0 Å². The topological polar surface area (TPSA) is 12.9 Å². The van der Waals surface area contributed by atoms with E-state index in [0.717, 1.165) is 5.69 Å². The monoisotopic (exact) mass is 269 g/mol. The minimum absolute atomic E-state index is 0.342. The van der Waals surface area contributed by atoms with Crippen molar-refractivity contribution in [1.82, 2.24) is 4.98 Å². The largest absolute Gasteiger partial charge is 0.261 e. The van der Waals surface area contributed by atoms with Gasteiger partial charge in [0, 0.05) is 28.9 Å². The lowest BCUT2D eigenvalue weighted by Gasteiger charge is -2.10. The van der Waals surface area contributed by atoms with Gasteiger partial charge in [-0.3, -0.25) is 4.98 Å². The van der Waals surface area contributed by atoms with Gasteiger partial charge in [0.2, 0.25) is 0 Å². The Labute approximate surface area is 109 Å². The molecule has 1 aromatic heterocycles. The van der Waals surface area contributed by atoms with Crippen molar-refractivity contribution in [3.05, 3.63) is 64.7 Å². The van der Waals surface area contributed by atoms with Crippen LogP contribution in [0.1, 0.15) is 16.6 Å². The van der Waals surface area contributed by atoms with E-state index in [-0.39, 0.29) is 5.82 Å². The van der Waals surface area contributed by atoms with Crippen LogP contribution in [0.3, 0.4) is 0 Å². The van der Waals surface area contributed by atoms with Crippen LogP contribution < -0.4 is 0 Å². The maximum atomic E-state index is 13.6. The van der Waals surface area contributed by atoms with Crippen LogP contribution in [-0.2, 0) is 6.42 Å². The average Bonchev–Trinajstić information content (AvgIpc) is 2.33. The van der Waals surface area contributed by atoms with Gasteiger partial charge in [-0.2, -0.15) is 0 Å². The molecule has 4 heteroatoms. The molecule has 0 bridgehead atoms. The number of rotatable bonds is 3. The van der Waals surface area contributed by atoms with Crippen molar-refractivity contribution >= 4 is 23.2 Å². The third kappa shape index (κ3) is 3.18. The van der Waals surface area contributed by atoms with Crippen molar-refractivity contribution in [2.24, 2.45) is 0 Å². The third-order valence-electron chi connectivity index (χ3n) is 2.41. The predicted octanol–water partition coefficient (Wildman–Crippen LogP) is 4.40. The maximum Gasteiger partial charge on any atom is 0.128 e. The van der Waals surface area contributed by atoms with Gasteiger partial charge in [-0.15, -0.1) is 11.6 Å². The summed E-state index contributed by atoms with van der Waals surface area (Å²) in [6, 6.07) is 9.94. The molecule has 17 heavy (non-hydrogen) atoms. The average molecular weight is 270 g/mol. The van der Waals surface area contributed by atoms with E-state index in [2.05, 4.69) is 4.98 Å². The van der Waals surface area contributed by atoms with Gasteiger partial charge in [0.1, 0.15) is 5.82 Å². The summed E-state index contributed by atoms with van der Waals surface area (Å²) in [5.41, 5.74) is 1.23. The lowest BCUT2D eigenvalue weighted by molar-refractivity contribution is 0.605. The van der Waals surface area contributed by atoms with Crippen LogP contribution in [0, 0.1) is 5.82 Å². The van der Waals surface area contributed by atoms with E-state index in [1.807, 2.05) is 18.2 Å². The van der Waals surface area contributed by atoms with E-state index in [0.29, 0.717) is 17.0 Å². The molecule has 1 atom stereocenters. The first-order valence-electron chi connectivity index (χ1n) is 5.16. The second kappa shape index (κ2) is 5.48. The molecule has 0 aliphatic carbocycles. The van der Waals surface area contributed by atoms with E-state index < -0.39 is 5.38 Å². The fourth-order valence-electron chi connectivity index (χ4n) is 1.57. The summed E-state index contributed by atoms with van der Waals surface area (Å²) in [5.74, 6) is -0.342. The summed E-state index contributed by atoms with van der Waals surface area (Å²) < 4.78 is 13.6. The first kappa shape index (κ1) is 12.3. The predicted molar refractivity (Wildman–Crippen MR) is 67.9 cm³/mol. The number of pyridine rings is 1. The zero-order valence-electron chi connectivity index (χ0n) is 8.91. The van der Waals surface area contributed by atoms with Crippen LogP contribution in [0.2, 0.25) is 5.02 Å². The molecule has 0 fully saturated rings. The Morgan fingerprint density at radius 3 is 2.76 bits per heavy atom. The van der Waals surface area contributed by atoms with Crippen LogP contribution in [0.5, 0.6) is 0 Å². The van der Waals surface area contributed by atoms with Crippen molar-refractivity contribution in [2.45, 2.75) is 11.8 Å². The van der Waals surface area contributed by atoms with Crippen molar-refractivity contribution in [3.63, 3.8) is 0 Å². The molecule has 2 rings (SSSR count). The van der Waals surface area contributed by atoms with Crippen molar-refractivity contribution in [3.8, 4) is 0 Å². The smallest absolute Gasteiger partial charge is 0.128 e. The summed E-state index contributed by atoms with van der Waals surface area (Å²) in [5, 5.41) is 0.0108. The van der Waals surface area contributed by atoms with E-state index in [1.54, 1.807) is 12.3 Å². The summed E-state index contributed by atoms with van der Waals surface area (Å²) in [6.45, 7) is 0. The minimum atomic E-state index is -0.469. The van der Waals surface area contributed by atoms with Gasteiger partial charge < -0.3 is 0 Å². The molecule has 0 saturated carbocycles. The van der Waals surface area contributed by atoms with Gasteiger partial charge in [0.15, 0.2) is 0 Å². The van der Waals surface area contributed by atoms with Gasteiger partial charge in [-0.25, -0.2) is 4.39 Å². The molecule has 88 valence electrons. The van der Waals surface area contributed by atoms with Gasteiger partial charge in [-0.1, -0.05) is 17.7 Å². The summed E-state index contributed by atoms with van der Waals surface area (Å²) >= 11 is 12.0. The maximum absolute atomic E-state index is 13.6. The molecule has 1 heterocycles. The van der Waals surface area contributed by atoms with Crippen molar-refractivity contribution < 1.29 is 4.39 Å². The van der Waals surface area contributed by atoms with E-state index in [9.17, 15) is 4.39 Å². The molecule has 0 amide bonds. The highest BCUT2D eigenvalue weighted by Crippen LogP contribution is 2.28. The second-order valence-electron chi connectivity index (χ2n) is 3.66. The fraction of sp³-hybridized carbons (Fsp3) is 0.154. The Morgan fingerprint density at radius 2 is 2.06 bits per heavy atom. The molecule has 0 aliphatic heterocycles. The molecule has 0 spiro atoms. The third-order valence-corrected chi connectivity index (χ3v) is 3.03. The number of hydrogen-bond acceptors (Lipinski definition) is 1. The van der Waals surface area contributed by atoms with Crippen LogP contribution >= 0.6 is 23.2 Å². The zero-order valence-corrected chi connectivity index (χ0v) is 10.4. The molecule has 2 aromatic rings. The van der Waals surface area contributed by atoms with Crippen LogP contribution in [-0.4, -0.2) is 4.98 Å². The lowest BCUT2D eigenvalue weighted by Crippen LogP contribution is -2.00. The lowest BCUT2D eigenvalue weighted by atomic mass is 10.1. The Bertz CT molecular complexity index is 502. The van der Waals surface area contributed by atoms with E-state index in [1.165, 1.54) is 12.1 Å². The van der Waals surface area contributed by atoms with Crippen LogP contribution in [0.15, 0.2) is 42.6 Å². The number of halogens is 3. The quantitative estimate of drug-likeness (QED) is 0.753. The molecule has 1 aromatic carbocycles. The van der Waals surface area contributed by atoms with Gasteiger partial charge in [-0.05, 0) is 30.3 Å². The van der Waals surface area contributed by atoms with Crippen molar-refractivity contribution in [2.75, 3.05) is 0 Å². The van der Waals surface area contributed by atoms with E-state index in [4.69, 9.17) is 23.2 Å². The zero-order chi connectivity index (χ0) is 12.3. The SMILES string of the molecule is Fc1ccc(Cl)cc1C(Cl)Cc1ccccn1. The Kier molecular flexibility index (Phi) is 3.97. The number of hydrogen-bond donors (Lipinski definition) is 0. The van der Waals surface area contributed by atoms with Crippen LogP contribution in [0.25, 0.3) is 0 Å². The molecule has 0 aliphatic rings. The fourth-order valence-corrected chi connectivity index (χ4v) is 2.07. The highest BCUT2D eigenvalue weighted by atomic mass is 35.5. The van der Waals surface area contributed by atoms with E-state index >= 15 is 0 Å². The molecule has 1 nitrogen and oxygen atoms in total. The molecular formula is C13H10Cl2FN. The Hall–Kier alpha value is -1.12. The number of alkyl halides is 1. The molecular weight excluding hydrogens is 260 g/mol. The van der Waals surface area contributed by atoms with Gasteiger partial charge >= 0.3 is 0 Å². The van der Waals surface area contributed by atoms with Crippen LogP contribution in [0.4, 0.5) is 4.39 Å². The first-order valence-corrected chi connectivity index (χ1v) is 5.97. The highest BCUT2D eigenvalue weighted by Gasteiger charge is 2.14. The number of aromatic nitrogens is 1. The standard InChI is InChI=1S/C13H10Cl2FN/c14-9-4-5-13(16)11(7-9)12(15)8-10-3-1-2-6-17-10/h1-7,12H,8H2. The summed E-state index contributed by atoms with van der Waals surface area (Å²) in [7, 11) is 0. The number of nitrogens with zero attached hydrogens (tertiary/aromatic N) is 1. The first-order chi connectivity index (χ1) is 8.16.